The van der Waals surface area contributed by atoms with Crippen molar-refractivity contribution in [2.75, 3.05) is 5.32 Å². The second kappa shape index (κ2) is 10.1. The molecule has 5 aromatic rings. The topological polar surface area (TPSA) is 78.2 Å². The van der Waals surface area contributed by atoms with Crippen LogP contribution in [0.4, 0.5) is 10.1 Å². The van der Waals surface area contributed by atoms with Crippen molar-refractivity contribution in [1.82, 2.24) is 14.1 Å². The van der Waals surface area contributed by atoms with E-state index in [1.54, 1.807) is 88.3 Å². The maximum Gasteiger partial charge on any atom is 0.338 e. The molecule has 1 N–H and O–H groups in total. The van der Waals surface area contributed by atoms with E-state index in [9.17, 15) is 14.0 Å². The molecule has 0 aliphatic carbocycles. The highest BCUT2D eigenvalue weighted by molar-refractivity contribution is 6.30. The Morgan fingerprint density at radius 1 is 1.03 bits per heavy atom. The third-order valence-electron chi connectivity index (χ3n) is 5.70. The second-order valence-corrected chi connectivity index (χ2v) is 8.52. The molecule has 1 amide bonds. The van der Waals surface area contributed by atoms with E-state index in [-0.39, 0.29) is 18.2 Å². The van der Waals surface area contributed by atoms with E-state index in [2.05, 4.69) is 16.9 Å². The first-order valence-corrected chi connectivity index (χ1v) is 11.6. The van der Waals surface area contributed by atoms with Crippen LogP contribution in [-0.2, 0) is 11.4 Å². The normalized spacial score (nSPS) is 10.9. The Morgan fingerprint density at radius 3 is 2.57 bits per heavy atom. The fourth-order valence-corrected chi connectivity index (χ4v) is 4.11. The highest BCUT2D eigenvalue weighted by Crippen LogP contribution is 2.24. The van der Waals surface area contributed by atoms with Crippen molar-refractivity contribution in [2.24, 2.45) is 0 Å². The highest BCUT2D eigenvalue weighted by Gasteiger charge is 2.17. The lowest BCUT2D eigenvalue weighted by Crippen LogP contribution is -2.22. The van der Waals surface area contributed by atoms with Crippen LogP contribution >= 0.6 is 11.6 Å². The quantitative estimate of drug-likeness (QED) is 0.284. The van der Waals surface area contributed by atoms with Crippen molar-refractivity contribution in [2.45, 2.75) is 6.61 Å². The Morgan fingerprint density at radius 2 is 1.81 bits per heavy atom. The van der Waals surface area contributed by atoms with E-state index < -0.39 is 5.82 Å². The molecule has 184 valence electrons. The molecule has 0 unspecified atom stereocenters. The summed E-state index contributed by atoms with van der Waals surface area (Å²) in [5.41, 5.74) is 3.02. The minimum atomic E-state index is -0.441. The third-order valence-corrected chi connectivity index (χ3v) is 5.94. The van der Waals surface area contributed by atoms with Crippen molar-refractivity contribution in [3.05, 3.63) is 125 Å². The van der Waals surface area contributed by atoms with Crippen molar-refractivity contribution in [3.63, 3.8) is 0 Å². The summed E-state index contributed by atoms with van der Waals surface area (Å²) >= 11 is 5.80. The Kier molecular flexibility index (Phi) is 6.57. The summed E-state index contributed by atoms with van der Waals surface area (Å²) in [5.74, 6) is -0.278. The van der Waals surface area contributed by atoms with Gasteiger partial charge in [0.15, 0.2) is 0 Å². The van der Waals surface area contributed by atoms with Crippen LogP contribution in [0.15, 0.2) is 103 Å². The Hall–Kier alpha value is -4.69. The number of halogens is 2. The maximum atomic E-state index is 14.0. The molecular formula is C28H20ClFN4O3. The Balaban J connectivity index is 1.48. The van der Waals surface area contributed by atoms with Gasteiger partial charge in [0, 0.05) is 22.5 Å². The lowest BCUT2D eigenvalue weighted by atomic mass is 10.2. The maximum absolute atomic E-state index is 14.0. The number of nitrogens with zero attached hydrogens (tertiary/aromatic N) is 3. The summed E-state index contributed by atoms with van der Waals surface area (Å²) in [7, 11) is 0. The molecule has 5 rings (SSSR count). The van der Waals surface area contributed by atoms with Crippen molar-refractivity contribution in [1.29, 1.82) is 0 Å². The molecule has 0 atom stereocenters. The molecule has 3 aromatic carbocycles. The van der Waals surface area contributed by atoms with Gasteiger partial charge in [0.2, 0.25) is 5.91 Å². The predicted octanol–water partition coefficient (Wildman–Crippen LogP) is 5.67. The van der Waals surface area contributed by atoms with Gasteiger partial charge in [0.25, 0.3) is 0 Å². The molecule has 0 saturated heterocycles. The molecule has 0 radical (unpaired) electrons. The number of rotatable bonds is 7. The van der Waals surface area contributed by atoms with E-state index in [0.29, 0.717) is 44.4 Å². The van der Waals surface area contributed by atoms with E-state index in [4.69, 9.17) is 16.3 Å². The van der Waals surface area contributed by atoms with Gasteiger partial charge in [-0.2, -0.15) is 0 Å². The number of aromatic nitrogens is 3. The number of fused-ring (bicyclic) bond motifs is 1. The number of carbonyl (C=O) groups excluding carboxylic acids is 1. The standard InChI is InChI=1S/C28H20ClFN4O3/c1-2-27(35)32-20-4-3-5-22(15-20)34-25-12-13-31-16-26(25)33(28(34)36)21-8-10-23(11-9-21)37-17-18-6-7-19(29)14-24(18)30/h2-16H,1,17H2,(H,32,35). The number of nitrogens with one attached hydrogen (secondary N) is 1. The molecule has 0 saturated carbocycles. The zero-order valence-electron chi connectivity index (χ0n) is 19.4. The van der Waals surface area contributed by atoms with Crippen molar-refractivity contribution < 1.29 is 13.9 Å². The Labute approximate surface area is 216 Å². The van der Waals surface area contributed by atoms with Crippen LogP contribution in [0.2, 0.25) is 5.02 Å². The molecule has 7 nitrogen and oxygen atoms in total. The van der Waals surface area contributed by atoms with Crippen molar-refractivity contribution >= 4 is 34.2 Å². The number of hydrogen-bond acceptors (Lipinski definition) is 4. The summed E-state index contributed by atoms with van der Waals surface area (Å²) < 4.78 is 22.9. The summed E-state index contributed by atoms with van der Waals surface area (Å²) in [5, 5.41) is 3.03. The fraction of sp³-hybridized carbons (Fsp3) is 0.0357. The van der Waals surface area contributed by atoms with Gasteiger partial charge in [0.05, 0.1) is 28.6 Å². The number of pyridine rings is 1. The lowest BCUT2D eigenvalue weighted by molar-refractivity contribution is -0.111. The number of imidazole rings is 1. The van der Waals surface area contributed by atoms with Gasteiger partial charge in [-0.1, -0.05) is 30.3 Å². The first-order valence-electron chi connectivity index (χ1n) is 11.2. The number of ether oxygens (including phenoxy) is 1. The number of carbonyl (C=O) groups is 1. The van der Waals surface area contributed by atoms with Crippen LogP contribution in [-0.4, -0.2) is 20.0 Å². The third kappa shape index (κ3) is 4.87. The summed E-state index contributed by atoms with van der Waals surface area (Å²) in [4.78, 5) is 29.6. The number of amides is 1. The van der Waals surface area contributed by atoms with Crippen LogP contribution < -0.4 is 15.7 Å². The van der Waals surface area contributed by atoms with Gasteiger partial charge in [-0.15, -0.1) is 0 Å². The molecule has 0 aliphatic rings. The molecule has 9 heteroatoms. The van der Waals surface area contributed by atoms with Crippen LogP contribution in [0.3, 0.4) is 0 Å². The molecule has 0 aliphatic heterocycles. The molecule has 2 heterocycles. The average Bonchev–Trinajstić information content (AvgIpc) is 3.20. The minimum absolute atomic E-state index is 0.0320. The monoisotopic (exact) mass is 514 g/mol. The van der Waals surface area contributed by atoms with E-state index in [1.165, 1.54) is 12.1 Å². The highest BCUT2D eigenvalue weighted by atomic mass is 35.5. The van der Waals surface area contributed by atoms with Crippen LogP contribution in [0.1, 0.15) is 5.56 Å². The SMILES string of the molecule is C=CC(=O)Nc1cccc(-n2c(=O)n(-c3ccc(OCc4ccc(Cl)cc4F)cc3)c3cnccc32)c1. The zero-order valence-corrected chi connectivity index (χ0v) is 20.2. The molecule has 0 bridgehead atoms. The summed E-state index contributed by atoms with van der Waals surface area (Å²) in [6.45, 7) is 3.49. The zero-order chi connectivity index (χ0) is 25.9. The van der Waals surface area contributed by atoms with Crippen LogP contribution in [0.5, 0.6) is 5.75 Å². The van der Waals surface area contributed by atoms with Gasteiger partial charge in [-0.05, 0) is 66.7 Å². The molecule has 0 fully saturated rings. The van der Waals surface area contributed by atoms with Crippen LogP contribution in [0, 0.1) is 5.82 Å². The average molecular weight is 515 g/mol. The molecule has 2 aromatic heterocycles. The van der Waals surface area contributed by atoms with Gasteiger partial charge >= 0.3 is 5.69 Å². The summed E-state index contributed by atoms with van der Waals surface area (Å²) in [6, 6.07) is 20.0. The van der Waals surface area contributed by atoms with E-state index in [0.717, 1.165) is 0 Å². The molecular weight excluding hydrogens is 495 g/mol. The van der Waals surface area contributed by atoms with Gasteiger partial charge in [0.1, 0.15) is 18.2 Å². The summed E-state index contributed by atoms with van der Waals surface area (Å²) in [6.07, 6.45) is 4.40. The minimum Gasteiger partial charge on any atom is -0.489 e. The number of anilines is 1. The van der Waals surface area contributed by atoms with E-state index in [1.807, 2.05) is 0 Å². The van der Waals surface area contributed by atoms with Crippen LogP contribution in [0.25, 0.3) is 22.4 Å². The van der Waals surface area contributed by atoms with E-state index >= 15 is 0 Å². The smallest absolute Gasteiger partial charge is 0.338 e. The fourth-order valence-electron chi connectivity index (χ4n) is 3.95. The largest absolute Gasteiger partial charge is 0.489 e. The lowest BCUT2D eigenvalue weighted by Gasteiger charge is -2.09. The second-order valence-electron chi connectivity index (χ2n) is 8.08. The number of hydrogen-bond donors (Lipinski definition) is 1. The predicted molar refractivity (Wildman–Crippen MR) is 141 cm³/mol. The first-order chi connectivity index (χ1) is 17.9. The molecule has 0 spiro atoms. The first kappa shape index (κ1) is 24.0. The molecule has 37 heavy (non-hydrogen) atoms. The van der Waals surface area contributed by atoms with Crippen molar-refractivity contribution in [3.8, 4) is 17.1 Å². The number of benzene rings is 3. The van der Waals surface area contributed by atoms with Gasteiger partial charge in [-0.3, -0.25) is 18.9 Å². The van der Waals surface area contributed by atoms with Gasteiger partial charge in [-0.25, -0.2) is 9.18 Å². The van der Waals surface area contributed by atoms with Gasteiger partial charge < -0.3 is 10.1 Å². The Bertz CT molecular complexity index is 1690.